The van der Waals surface area contributed by atoms with Crippen LogP contribution in [0.15, 0.2) is 5.10 Å². The van der Waals surface area contributed by atoms with Crippen LogP contribution in [0.1, 0.15) is 51.9 Å². The number of hydrogen-bond acceptors (Lipinski definition) is 7. The van der Waals surface area contributed by atoms with Crippen molar-refractivity contribution in [1.29, 1.82) is 0 Å². The van der Waals surface area contributed by atoms with Gasteiger partial charge in [0.1, 0.15) is 25.8 Å². The van der Waals surface area contributed by atoms with Gasteiger partial charge in [0.15, 0.2) is 0 Å². The minimum absolute atomic E-state index is 0.0280. The van der Waals surface area contributed by atoms with Gasteiger partial charge in [-0.1, -0.05) is 18.2 Å². The highest BCUT2D eigenvalue weighted by Crippen LogP contribution is 2.69. The summed E-state index contributed by atoms with van der Waals surface area (Å²) in [6, 6.07) is -0.446. The van der Waals surface area contributed by atoms with Gasteiger partial charge in [0.05, 0.1) is 14.3 Å². The Morgan fingerprint density at radius 1 is 1.38 bits per heavy atom. The van der Waals surface area contributed by atoms with Crippen LogP contribution in [0, 0.1) is 11.8 Å². The number of nitrogens with two attached hydrogens (primary N) is 2. The lowest BCUT2D eigenvalue weighted by molar-refractivity contribution is -0.148. The monoisotopic (exact) mass is 401 g/mol. The number of amidine groups is 1. The molecule has 5 unspecified atom stereocenters. The number of nitrogens with zero attached hydrogens (tertiary/aromatic N) is 1. The molecule has 157 valence electrons. The summed E-state index contributed by atoms with van der Waals surface area (Å²) >= 11 is 0. The molecular formula is C18H31B2N6O3. The van der Waals surface area contributed by atoms with Gasteiger partial charge in [-0.2, -0.15) is 5.10 Å². The Hall–Kier alpha value is -1.74. The number of ether oxygens (including phenoxy) is 1. The van der Waals surface area contributed by atoms with E-state index in [1.807, 2.05) is 6.92 Å². The summed E-state index contributed by atoms with van der Waals surface area (Å²) < 4.78 is 5.34. The first-order valence-corrected chi connectivity index (χ1v) is 10.5. The molecule has 1 spiro atoms. The molecule has 3 rings (SSSR count). The van der Waals surface area contributed by atoms with E-state index in [9.17, 15) is 9.59 Å². The number of hydrogen-bond donors (Lipinski definition) is 5. The Kier molecular flexibility index (Phi) is 6.78. The summed E-state index contributed by atoms with van der Waals surface area (Å²) in [5, 5.41) is 9.15. The smallest absolute Gasteiger partial charge is 0.323 e. The highest BCUT2D eigenvalue weighted by Gasteiger charge is 2.71. The Bertz CT molecular complexity index is 666. The van der Waals surface area contributed by atoms with Crippen molar-refractivity contribution in [2.45, 2.75) is 68.6 Å². The van der Waals surface area contributed by atoms with Gasteiger partial charge in [0.25, 0.3) is 0 Å². The molecule has 0 aromatic carbocycles. The van der Waals surface area contributed by atoms with Crippen molar-refractivity contribution in [3.8, 4) is 0 Å². The first-order chi connectivity index (χ1) is 13.8. The molecule has 2 saturated heterocycles. The average Bonchev–Trinajstić information content (AvgIpc) is 3.29. The standard InChI is InChI=1S/C18H31B2N6O3/c1-2-23-15(27)6-8-29-16(28)13-10-12-9-11(3-4-14(21)25-26-22)5-7-17(12)18(19,20-17)24-13/h11-13,24,26H,2-10,22H2,1H3,(H2,21,25)(H,23,27). The lowest BCUT2D eigenvalue weighted by Gasteiger charge is -2.47. The van der Waals surface area contributed by atoms with Crippen molar-refractivity contribution in [2.24, 2.45) is 28.5 Å². The third kappa shape index (κ3) is 4.71. The van der Waals surface area contributed by atoms with Crippen molar-refractivity contribution in [3.63, 3.8) is 0 Å². The zero-order valence-electron chi connectivity index (χ0n) is 17.1. The maximum Gasteiger partial charge on any atom is 0.323 e. The molecule has 3 radical (unpaired) electrons. The Morgan fingerprint density at radius 2 is 2.17 bits per heavy atom. The van der Waals surface area contributed by atoms with Gasteiger partial charge >= 0.3 is 5.97 Å². The van der Waals surface area contributed by atoms with Gasteiger partial charge in [-0.15, -0.1) is 0 Å². The predicted octanol–water partition coefficient (Wildman–Crippen LogP) is -0.951. The van der Waals surface area contributed by atoms with Crippen LogP contribution in [0.3, 0.4) is 0 Å². The van der Waals surface area contributed by atoms with E-state index in [0.717, 1.165) is 25.7 Å². The first-order valence-electron chi connectivity index (χ1n) is 10.5. The summed E-state index contributed by atoms with van der Waals surface area (Å²) in [6.45, 7) is 2.49. The fourth-order valence-electron chi connectivity index (χ4n) is 5.14. The molecule has 0 aromatic rings. The maximum atomic E-state index is 12.5. The normalized spacial score (nSPS) is 35.5. The number of rotatable bonds is 9. The van der Waals surface area contributed by atoms with E-state index >= 15 is 0 Å². The van der Waals surface area contributed by atoms with Gasteiger partial charge in [-0.05, 0) is 43.4 Å². The summed E-state index contributed by atoms with van der Waals surface area (Å²) in [7, 11) is 8.71. The van der Waals surface area contributed by atoms with Gasteiger partial charge in [-0.25, -0.2) is 11.4 Å². The quantitative estimate of drug-likeness (QED) is 0.0837. The lowest BCUT2D eigenvalue weighted by atomic mass is 9.60. The summed E-state index contributed by atoms with van der Waals surface area (Å²) in [4.78, 5) is 24.1. The second-order valence-electron chi connectivity index (χ2n) is 8.47. The van der Waals surface area contributed by atoms with Gasteiger partial charge < -0.3 is 21.1 Å². The van der Waals surface area contributed by atoms with E-state index in [2.05, 4.69) is 28.5 Å². The van der Waals surface area contributed by atoms with Crippen molar-refractivity contribution in [2.75, 3.05) is 13.2 Å². The van der Waals surface area contributed by atoms with Gasteiger partial charge in [0.2, 0.25) is 5.91 Å². The van der Waals surface area contributed by atoms with E-state index in [0.29, 0.717) is 37.1 Å². The molecule has 11 heteroatoms. The molecule has 3 aliphatic rings. The van der Waals surface area contributed by atoms with Crippen molar-refractivity contribution >= 4 is 32.8 Å². The van der Waals surface area contributed by atoms with E-state index in [-0.39, 0.29) is 30.2 Å². The zero-order valence-corrected chi connectivity index (χ0v) is 17.1. The van der Waals surface area contributed by atoms with Crippen LogP contribution in [-0.2, 0) is 14.3 Å². The summed E-state index contributed by atoms with van der Waals surface area (Å²) in [5.41, 5.74) is 8.04. The zero-order chi connectivity index (χ0) is 21.1. The minimum atomic E-state index is -0.603. The van der Waals surface area contributed by atoms with E-state index in [1.165, 1.54) is 0 Å². The molecule has 0 aromatic heterocycles. The van der Waals surface area contributed by atoms with Crippen LogP contribution >= 0.6 is 0 Å². The molecule has 29 heavy (non-hydrogen) atoms. The molecule has 5 atom stereocenters. The second-order valence-corrected chi connectivity index (χ2v) is 8.47. The third-order valence-electron chi connectivity index (χ3n) is 6.67. The van der Waals surface area contributed by atoms with Crippen LogP contribution in [0.5, 0.6) is 0 Å². The van der Waals surface area contributed by atoms with E-state index in [1.54, 1.807) is 0 Å². The van der Waals surface area contributed by atoms with Crippen molar-refractivity contribution in [3.05, 3.63) is 0 Å². The number of esters is 1. The van der Waals surface area contributed by atoms with Crippen LogP contribution < -0.4 is 27.7 Å². The van der Waals surface area contributed by atoms with Crippen LogP contribution in [0.2, 0.25) is 5.31 Å². The number of hydrazine groups is 1. The molecular weight excluding hydrogens is 370 g/mol. The number of carbonyl (C=O) groups excluding carboxylic acids is 2. The van der Waals surface area contributed by atoms with E-state index < -0.39 is 11.4 Å². The Labute approximate surface area is 174 Å². The SMILES string of the molecule is [B]C12[B]C13CCC(CC/C(N)=N/NN)CC3CC(C(=O)OCCC(=O)NCC)N2. The molecule has 2 aliphatic heterocycles. The average molecular weight is 401 g/mol. The molecule has 3 fully saturated rings. The number of carbonyl (C=O) groups is 2. The Morgan fingerprint density at radius 3 is 2.90 bits per heavy atom. The van der Waals surface area contributed by atoms with Gasteiger partial charge in [0, 0.05) is 13.0 Å². The molecule has 0 bridgehead atoms. The number of nitrogens with one attached hydrogen (secondary N) is 3. The largest absolute Gasteiger partial charge is 0.464 e. The molecule has 9 nitrogen and oxygen atoms in total. The number of amides is 1. The van der Waals surface area contributed by atoms with Gasteiger partial charge in [-0.3, -0.25) is 9.59 Å². The molecule has 1 amide bonds. The maximum absolute atomic E-state index is 12.5. The minimum Gasteiger partial charge on any atom is -0.464 e. The van der Waals surface area contributed by atoms with Crippen LogP contribution in [-0.4, -0.2) is 57.4 Å². The van der Waals surface area contributed by atoms with Crippen molar-refractivity contribution < 1.29 is 14.3 Å². The summed E-state index contributed by atoms with van der Waals surface area (Å²) in [6.07, 6.45) is 5.59. The number of hydrazone groups is 1. The van der Waals surface area contributed by atoms with Crippen LogP contribution in [0.25, 0.3) is 0 Å². The van der Waals surface area contributed by atoms with Crippen LogP contribution in [0.4, 0.5) is 0 Å². The number of piperidine rings is 1. The Balaban J connectivity index is 1.52. The highest BCUT2D eigenvalue weighted by atomic mass is 16.5. The fourth-order valence-corrected chi connectivity index (χ4v) is 5.14. The van der Waals surface area contributed by atoms with E-state index in [4.69, 9.17) is 24.2 Å². The lowest BCUT2D eigenvalue weighted by Crippen LogP contribution is -2.55. The topological polar surface area (TPSA) is 144 Å². The first kappa shape index (κ1) is 22.0. The predicted molar refractivity (Wildman–Crippen MR) is 112 cm³/mol. The molecule has 1 saturated carbocycles. The molecule has 1 aliphatic carbocycles. The summed E-state index contributed by atoms with van der Waals surface area (Å²) in [5.74, 6) is 6.06. The molecule has 2 heterocycles. The fraction of sp³-hybridized carbons (Fsp3) is 0.833. The molecule has 7 N–H and O–H groups in total. The third-order valence-corrected chi connectivity index (χ3v) is 6.67. The highest BCUT2D eigenvalue weighted by molar-refractivity contribution is 6.72. The van der Waals surface area contributed by atoms with Crippen molar-refractivity contribution in [1.82, 2.24) is 16.2 Å². The second kappa shape index (κ2) is 8.95.